The maximum absolute atomic E-state index is 12.2. The zero-order valence-electron chi connectivity index (χ0n) is 14.8. The lowest BCUT2D eigenvalue weighted by Gasteiger charge is -2.07. The Labute approximate surface area is 156 Å². The first-order valence-corrected chi connectivity index (χ1v) is 9.42. The van der Waals surface area contributed by atoms with Crippen molar-refractivity contribution in [2.24, 2.45) is 0 Å². The van der Waals surface area contributed by atoms with Crippen LogP contribution in [-0.4, -0.2) is 45.7 Å². The van der Waals surface area contributed by atoms with E-state index in [4.69, 9.17) is 14.3 Å². The number of carbonyl (C=O) groups is 2. The first-order chi connectivity index (χ1) is 12.7. The Morgan fingerprint density at radius 2 is 1.89 bits per heavy atom. The molecule has 0 saturated heterocycles. The van der Waals surface area contributed by atoms with Crippen LogP contribution >= 0.6 is 0 Å². The molecule has 0 aliphatic carbocycles. The third kappa shape index (κ3) is 5.39. The number of amides is 1. The van der Waals surface area contributed by atoms with Crippen LogP contribution < -0.4 is 10.0 Å². The SMILES string of the molecule is COCCNS(=O)(=O)c1ccc(C(=O)NCc2cc(C(=O)O)c(C)o2)cc1. The number of nitrogens with one attached hydrogen (secondary N) is 2. The molecule has 0 aliphatic rings. The predicted molar refractivity (Wildman–Crippen MR) is 95.1 cm³/mol. The molecule has 0 spiro atoms. The third-order valence-corrected chi connectivity index (χ3v) is 5.12. The van der Waals surface area contributed by atoms with Gasteiger partial charge < -0.3 is 19.6 Å². The van der Waals surface area contributed by atoms with Gasteiger partial charge in [0, 0.05) is 19.2 Å². The standard InChI is InChI=1S/C17H20N2O7S/c1-11-15(17(21)22)9-13(26-11)10-18-16(20)12-3-5-14(6-4-12)27(23,24)19-7-8-25-2/h3-6,9,19H,7-8,10H2,1-2H3,(H,18,20)(H,21,22). The fourth-order valence-electron chi connectivity index (χ4n) is 2.26. The molecule has 9 nitrogen and oxygen atoms in total. The van der Waals surface area contributed by atoms with Crippen molar-refractivity contribution < 1.29 is 32.3 Å². The molecular weight excluding hydrogens is 376 g/mol. The van der Waals surface area contributed by atoms with E-state index in [2.05, 4.69) is 10.0 Å². The quantitative estimate of drug-likeness (QED) is 0.541. The molecule has 1 aromatic heterocycles. The summed E-state index contributed by atoms with van der Waals surface area (Å²) in [6.45, 7) is 1.91. The van der Waals surface area contributed by atoms with Gasteiger partial charge in [-0.05, 0) is 37.3 Å². The number of aromatic carboxylic acids is 1. The maximum atomic E-state index is 12.2. The number of carboxylic acids is 1. The third-order valence-electron chi connectivity index (χ3n) is 3.65. The summed E-state index contributed by atoms with van der Waals surface area (Å²) in [6, 6.07) is 6.76. The van der Waals surface area contributed by atoms with E-state index < -0.39 is 21.9 Å². The molecule has 1 heterocycles. The van der Waals surface area contributed by atoms with Crippen molar-refractivity contribution in [1.29, 1.82) is 0 Å². The Morgan fingerprint density at radius 1 is 1.22 bits per heavy atom. The number of hydrogen-bond donors (Lipinski definition) is 3. The van der Waals surface area contributed by atoms with Crippen LogP contribution in [0.25, 0.3) is 0 Å². The molecule has 2 aromatic rings. The van der Waals surface area contributed by atoms with Crippen molar-refractivity contribution in [2.45, 2.75) is 18.4 Å². The van der Waals surface area contributed by atoms with E-state index in [1.807, 2.05) is 0 Å². The molecule has 10 heteroatoms. The largest absolute Gasteiger partial charge is 0.478 e. The number of ether oxygens (including phenoxy) is 1. The van der Waals surface area contributed by atoms with Gasteiger partial charge in [0.15, 0.2) is 0 Å². The number of benzene rings is 1. The molecule has 0 fully saturated rings. The average molecular weight is 396 g/mol. The molecule has 3 N–H and O–H groups in total. The smallest absolute Gasteiger partial charge is 0.339 e. The molecule has 0 aliphatic heterocycles. The van der Waals surface area contributed by atoms with E-state index >= 15 is 0 Å². The second-order valence-corrected chi connectivity index (χ2v) is 7.35. The molecule has 0 unspecified atom stereocenters. The van der Waals surface area contributed by atoms with E-state index in [1.165, 1.54) is 44.4 Å². The molecule has 2 rings (SSSR count). The lowest BCUT2D eigenvalue weighted by molar-refractivity contribution is 0.0694. The van der Waals surface area contributed by atoms with Gasteiger partial charge >= 0.3 is 5.97 Å². The van der Waals surface area contributed by atoms with Crippen molar-refractivity contribution in [2.75, 3.05) is 20.3 Å². The van der Waals surface area contributed by atoms with Crippen LogP contribution in [0.5, 0.6) is 0 Å². The van der Waals surface area contributed by atoms with E-state index in [0.717, 1.165) is 0 Å². The van der Waals surface area contributed by atoms with Crippen LogP contribution in [0, 0.1) is 6.92 Å². The van der Waals surface area contributed by atoms with Gasteiger partial charge in [0.2, 0.25) is 10.0 Å². The van der Waals surface area contributed by atoms with E-state index in [-0.39, 0.29) is 41.5 Å². The maximum Gasteiger partial charge on any atom is 0.339 e. The van der Waals surface area contributed by atoms with E-state index in [0.29, 0.717) is 5.76 Å². The van der Waals surface area contributed by atoms with Gasteiger partial charge in [-0.2, -0.15) is 0 Å². The second kappa shape index (κ2) is 8.80. The highest BCUT2D eigenvalue weighted by atomic mass is 32.2. The molecular formula is C17H20N2O7S. The molecule has 0 radical (unpaired) electrons. The minimum atomic E-state index is -3.67. The first kappa shape index (κ1) is 20.6. The number of aryl methyl sites for hydroxylation is 1. The van der Waals surface area contributed by atoms with Crippen LogP contribution in [0.1, 0.15) is 32.2 Å². The van der Waals surface area contributed by atoms with Crippen molar-refractivity contribution in [1.82, 2.24) is 10.0 Å². The van der Waals surface area contributed by atoms with E-state index in [9.17, 15) is 18.0 Å². The van der Waals surface area contributed by atoms with Crippen LogP contribution in [-0.2, 0) is 21.3 Å². The zero-order chi connectivity index (χ0) is 20.0. The highest BCUT2D eigenvalue weighted by Crippen LogP contribution is 2.15. The number of carbonyl (C=O) groups excluding carboxylic acids is 1. The molecule has 27 heavy (non-hydrogen) atoms. The molecule has 0 saturated carbocycles. The molecule has 146 valence electrons. The normalized spacial score (nSPS) is 11.3. The monoisotopic (exact) mass is 396 g/mol. The Morgan fingerprint density at radius 3 is 2.44 bits per heavy atom. The van der Waals surface area contributed by atoms with Gasteiger partial charge in [-0.3, -0.25) is 4.79 Å². The lowest BCUT2D eigenvalue weighted by Crippen LogP contribution is -2.27. The van der Waals surface area contributed by atoms with Crippen LogP contribution in [0.4, 0.5) is 0 Å². The Hall–Kier alpha value is -2.69. The molecule has 0 atom stereocenters. The van der Waals surface area contributed by atoms with Gasteiger partial charge in [-0.15, -0.1) is 0 Å². The van der Waals surface area contributed by atoms with Crippen LogP contribution in [0.2, 0.25) is 0 Å². The summed E-state index contributed by atoms with van der Waals surface area (Å²) in [6.07, 6.45) is 0. The summed E-state index contributed by atoms with van der Waals surface area (Å²) in [5, 5.41) is 11.6. The number of furan rings is 1. The van der Waals surface area contributed by atoms with Gasteiger partial charge in [0.1, 0.15) is 17.1 Å². The lowest BCUT2D eigenvalue weighted by atomic mass is 10.2. The summed E-state index contributed by atoms with van der Waals surface area (Å²) in [5.41, 5.74) is 0.294. The Kier molecular flexibility index (Phi) is 6.72. The molecule has 1 amide bonds. The summed E-state index contributed by atoms with van der Waals surface area (Å²) < 4.78 is 36.6. The molecule has 0 bridgehead atoms. The highest BCUT2D eigenvalue weighted by molar-refractivity contribution is 7.89. The minimum Gasteiger partial charge on any atom is -0.478 e. The summed E-state index contributed by atoms with van der Waals surface area (Å²) in [5.74, 6) is -0.996. The predicted octanol–water partition coefficient (Wildman–Crippen LogP) is 1.14. The van der Waals surface area contributed by atoms with Gasteiger partial charge in [0.25, 0.3) is 5.91 Å². The van der Waals surface area contributed by atoms with Crippen molar-refractivity contribution in [3.63, 3.8) is 0 Å². The number of carboxylic acid groups (broad SMARTS) is 1. The Balaban J connectivity index is 1.99. The fraction of sp³-hybridized carbons (Fsp3) is 0.294. The number of methoxy groups -OCH3 is 1. The Bertz CT molecular complexity index is 917. The van der Waals surface area contributed by atoms with Gasteiger partial charge in [-0.1, -0.05) is 0 Å². The fourth-order valence-corrected chi connectivity index (χ4v) is 3.27. The zero-order valence-corrected chi connectivity index (χ0v) is 15.6. The average Bonchev–Trinajstić information content (AvgIpc) is 3.01. The van der Waals surface area contributed by atoms with Crippen LogP contribution in [0.3, 0.4) is 0 Å². The summed E-state index contributed by atoms with van der Waals surface area (Å²) >= 11 is 0. The van der Waals surface area contributed by atoms with Crippen LogP contribution in [0.15, 0.2) is 39.6 Å². The van der Waals surface area contributed by atoms with Gasteiger partial charge in [-0.25, -0.2) is 17.9 Å². The second-order valence-electron chi connectivity index (χ2n) is 5.59. The van der Waals surface area contributed by atoms with Crippen molar-refractivity contribution in [3.05, 3.63) is 53.0 Å². The number of rotatable bonds is 9. The number of hydrogen-bond acceptors (Lipinski definition) is 6. The van der Waals surface area contributed by atoms with Crippen molar-refractivity contribution >= 4 is 21.9 Å². The first-order valence-electron chi connectivity index (χ1n) is 7.94. The summed E-state index contributed by atoms with van der Waals surface area (Å²) in [7, 11) is -2.21. The topological polar surface area (TPSA) is 135 Å². The highest BCUT2D eigenvalue weighted by Gasteiger charge is 2.16. The minimum absolute atomic E-state index is 0.00553. The number of sulfonamides is 1. The summed E-state index contributed by atoms with van der Waals surface area (Å²) in [4.78, 5) is 23.2. The van der Waals surface area contributed by atoms with E-state index in [1.54, 1.807) is 0 Å². The van der Waals surface area contributed by atoms with Crippen molar-refractivity contribution in [3.8, 4) is 0 Å². The van der Waals surface area contributed by atoms with Gasteiger partial charge in [0.05, 0.1) is 18.0 Å². The molecule has 1 aromatic carbocycles.